The van der Waals surface area contributed by atoms with Gasteiger partial charge in [-0.05, 0) is 57.2 Å². The Balaban J connectivity index is 0.00000769. The number of imide groups is 1. The van der Waals surface area contributed by atoms with Crippen molar-refractivity contribution in [1.82, 2.24) is 5.06 Å². The first-order valence-electron chi connectivity index (χ1n) is 19.6. The van der Waals surface area contributed by atoms with Gasteiger partial charge in [-0.25, -0.2) is 21.6 Å². The molecule has 0 saturated carbocycles. The third-order valence-electron chi connectivity index (χ3n) is 10.7. The van der Waals surface area contributed by atoms with Crippen molar-refractivity contribution >= 4 is 55.1 Å². The van der Waals surface area contributed by atoms with Crippen LogP contribution in [0.4, 0.5) is 11.4 Å². The van der Waals surface area contributed by atoms with Gasteiger partial charge in [-0.1, -0.05) is 62.8 Å². The van der Waals surface area contributed by atoms with E-state index in [1.165, 1.54) is 0 Å². The minimum absolute atomic E-state index is 0. The average Bonchev–Trinajstić information content (AvgIpc) is 3.65. The van der Waals surface area contributed by atoms with Crippen LogP contribution >= 0.6 is 0 Å². The second-order valence-corrected chi connectivity index (χ2v) is 18.8. The van der Waals surface area contributed by atoms with Gasteiger partial charge in [0.2, 0.25) is 5.69 Å². The van der Waals surface area contributed by atoms with Crippen molar-refractivity contribution in [3.8, 4) is 5.75 Å². The maximum atomic E-state index is 12.4. The average molecular weight is 878 g/mol. The molecule has 3 heterocycles. The van der Waals surface area contributed by atoms with Crippen molar-refractivity contribution in [3.05, 3.63) is 89.7 Å². The molecular weight excluding hydrogens is 826 g/mol. The molecule has 1 saturated heterocycles. The van der Waals surface area contributed by atoms with E-state index in [-0.39, 0.29) is 95.5 Å². The number of amides is 2. The summed E-state index contributed by atoms with van der Waals surface area (Å²) in [4.78, 5) is 43.2. The summed E-state index contributed by atoms with van der Waals surface area (Å²) in [6.45, 7) is 9.77. The molecule has 2 aromatic rings. The quantitative estimate of drug-likeness (QED) is 0.0473. The zero-order chi connectivity index (χ0) is 42.3. The molecule has 3 aliphatic rings. The summed E-state index contributed by atoms with van der Waals surface area (Å²) < 4.78 is 74.9. The third kappa shape index (κ3) is 12.8. The molecule has 2 aromatic carbocycles. The van der Waals surface area contributed by atoms with Crippen LogP contribution in [0.25, 0.3) is 0 Å². The van der Waals surface area contributed by atoms with Gasteiger partial charge in [0, 0.05) is 84.3 Å². The molecule has 0 radical (unpaired) electrons. The third-order valence-corrected chi connectivity index (χ3v) is 12.3. The van der Waals surface area contributed by atoms with Crippen molar-refractivity contribution < 1.29 is 106 Å². The fraction of sp³-hybridized carbons (Fsp3) is 0.476. The van der Waals surface area contributed by atoms with E-state index < -0.39 is 54.9 Å². The molecule has 314 valence electrons. The summed E-state index contributed by atoms with van der Waals surface area (Å²) in [5.41, 5.74) is 5.51. The Hall–Kier alpha value is -3.00. The molecular formula is C42H52KN3O11S2. The van der Waals surface area contributed by atoms with Gasteiger partial charge in [0.05, 0.1) is 32.3 Å². The van der Waals surface area contributed by atoms with E-state index >= 15 is 0 Å². The first-order chi connectivity index (χ1) is 27.3. The van der Waals surface area contributed by atoms with Crippen molar-refractivity contribution in [2.45, 2.75) is 96.3 Å². The Bertz CT molecular complexity index is 2230. The summed E-state index contributed by atoms with van der Waals surface area (Å²) in [5, 5.41) is 0.558. The molecule has 0 bridgehead atoms. The smallest absolute Gasteiger partial charge is 0.748 e. The van der Waals surface area contributed by atoms with E-state index in [4.69, 9.17) is 9.57 Å². The molecule has 1 fully saturated rings. The summed E-state index contributed by atoms with van der Waals surface area (Å²) in [7, 11) is -8.63. The summed E-state index contributed by atoms with van der Waals surface area (Å²) in [5.74, 6) is -2.05. The molecule has 5 rings (SSSR count). The second kappa shape index (κ2) is 20.7. The first-order valence-corrected chi connectivity index (χ1v) is 22.7. The Morgan fingerprint density at radius 3 is 2.19 bits per heavy atom. The molecule has 0 aliphatic carbocycles. The Kier molecular flexibility index (Phi) is 17.1. The number of rotatable bonds is 20. The zero-order valence-corrected chi connectivity index (χ0v) is 39.2. The van der Waals surface area contributed by atoms with Gasteiger partial charge in [0.25, 0.3) is 11.8 Å². The zero-order valence-electron chi connectivity index (χ0n) is 34.5. The fourth-order valence-corrected chi connectivity index (χ4v) is 8.76. The van der Waals surface area contributed by atoms with Crippen LogP contribution in [0, 0.1) is 0 Å². The Labute approximate surface area is 390 Å². The van der Waals surface area contributed by atoms with Crippen LogP contribution in [0.15, 0.2) is 78.5 Å². The van der Waals surface area contributed by atoms with Gasteiger partial charge in [0.15, 0.2) is 5.71 Å². The summed E-state index contributed by atoms with van der Waals surface area (Å²) in [6, 6.07) is 13.8. The van der Waals surface area contributed by atoms with E-state index in [9.17, 15) is 40.3 Å². The molecule has 3 aliphatic heterocycles. The molecule has 17 heteroatoms. The van der Waals surface area contributed by atoms with Gasteiger partial charge >= 0.3 is 57.4 Å². The number of hydrogen-bond donors (Lipinski definition) is 0. The normalized spacial score (nSPS) is 18.0. The minimum atomic E-state index is -4.35. The number of carbonyl (C=O) groups excluding carboxylic acids is 3. The second-order valence-electron chi connectivity index (χ2n) is 15.7. The van der Waals surface area contributed by atoms with Gasteiger partial charge in [-0.15, -0.1) is 5.06 Å². The molecule has 14 nitrogen and oxygen atoms in total. The molecule has 0 N–H and O–H groups in total. The maximum absolute atomic E-state index is 12.4. The number of allylic oxidation sites excluding steroid dienone is 6. The van der Waals surface area contributed by atoms with Crippen LogP contribution in [0.2, 0.25) is 0 Å². The van der Waals surface area contributed by atoms with Crippen LogP contribution in [0.3, 0.4) is 0 Å². The van der Waals surface area contributed by atoms with E-state index in [0.29, 0.717) is 49.6 Å². The molecule has 0 aromatic heterocycles. The molecule has 2 amide bonds. The number of hydrogen-bond acceptors (Lipinski definition) is 12. The predicted molar refractivity (Wildman–Crippen MR) is 217 cm³/mol. The van der Waals surface area contributed by atoms with E-state index in [2.05, 4.69) is 61.5 Å². The molecule has 59 heavy (non-hydrogen) atoms. The summed E-state index contributed by atoms with van der Waals surface area (Å²) >= 11 is 0. The number of ether oxygens (including phenoxy) is 1. The number of fused-ring (bicyclic) bond motifs is 2. The van der Waals surface area contributed by atoms with Gasteiger partial charge in [0.1, 0.15) is 12.3 Å². The van der Waals surface area contributed by atoms with E-state index in [1.807, 2.05) is 48.6 Å². The van der Waals surface area contributed by atoms with Gasteiger partial charge in [-0.2, -0.15) is 4.58 Å². The number of carbonyl (C=O) groups is 3. The van der Waals surface area contributed by atoms with Crippen LogP contribution < -0.4 is 61.0 Å². The summed E-state index contributed by atoms with van der Waals surface area (Å²) in [6.07, 6.45) is 12.9. The number of nitrogens with zero attached hydrogens (tertiary/aromatic N) is 3. The van der Waals surface area contributed by atoms with Gasteiger partial charge in [-0.3, -0.25) is 9.59 Å². The number of unbranched alkanes of at least 4 members (excludes halogenated alkanes) is 3. The predicted octanol–water partition coefficient (Wildman–Crippen LogP) is 2.67. The van der Waals surface area contributed by atoms with E-state index in [1.54, 1.807) is 0 Å². The van der Waals surface area contributed by atoms with Crippen LogP contribution in [0.1, 0.15) is 96.6 Å². The number of anilines is 1. The van der Waals surface area contributed by atoms with Crippen LogP contribution in [-0.2, 0) is 50.3 Å². The number of benzene rings is 2. The van der Waals surface area contributed by atoms with E-state index in [0.717, 1.165) is 33.9 Å². The van der Waals surface area contributed by atoms with Crippen molar-refractivity contribution in [1.29, 1.82) is 0 Å². The largest absolute Gasteiger partial charge is 1.00 e. The number of para-hydroxylation sites is 1. The minimum Gasteiger partial charge on any atom is -0.748 e. The molecule has 0 atom stereocenters. The number of hydroxylamine groups is 2. The topological polar surface area (TPSA) is 194 Å². The van der Waals surface area contributed by atoms with Crippen molar-refractivity contribution in [2.24, 2.45) is 0 Å². The first kappa shape index (κ1) is 48.7. The maximum Gasteiger partial charge on any atom is 1.00 e. The van der Waals surface area contributed by atoms with Crippen molar-refractivity contribution in [3.63, 3.8) is 0 Å². The Morgan fingerprint density at radius 2 is 1.49 bits per heavy atom. The van der Waals surface area contributed by atoms with Crippen molar-refractivity contribution in [2.75, 3.05) is 36.1 Å². The molecule has 0 unspecified atom stereocenters. The molecule has 0 spiro atoms. The SMILES string of the molecule is CC1(C)C(/C=C/C=C/C=C2/N(CCCCCC(=O)ON3C(=O)CCC3=O)c3cc(OCCCS(=O)(=O)[O-])ccc3C2(C)C)=[N+](CCCCS(=O)(=O)[O-])c2ccccc21.[K+]. The Morgan fingerprint density at radius 1 is 0.814 bits per heavy atom. The van der Waals surface area contributed by atoms with Crippen LogP contribution in [-0.4, -0.2) is 90.3 Å². The standard InChI is InChI=1S/C42H53N3O11S2.K/c1-41(2)32-16-10-11-17-34(32)43(26-13-14-28-57(49,50)51)36(41)18-7-5-8-19-37-42(3,4)33-22-21-31(55-27-15-29-58(52,53)54)30-35(33)44(37)25-12-6-9-20-40(48)56-45-38(46)23-24-39(45)47;/h5,7-8,10-11,16-19,21-22,30H,6,9,12-15,20,23-29H2,1-4H3,(H-,49,50,51,52,53,54);/q;+1/p-1. The fourth-order valence-electron chi connectivity index (χ4n) is 7.73. The van der Waals surface area contributed by atoms with Gasteiger partial charge < -0.3 is 23.6 Å². The van der Waals surface area contributed by atoms with Crippen LogP contribution in [0.5, 0.6) is 5.75 Å². The monoisotopic (exact) mass is 877 g/mol.